The largest absolute Gasteiger partial charge is 0.369 e. The molecule has 1 aromatic carbocycles. The molecule has 1 aliphatic rings. The summed E-state index contributed by atoms with van der Waals surface area (Å²) in [6.45, 7) is 2.45. The summed E-state index contributed by atoms with van der Waals surface area (Å²) in [5.41, 5.74) is 8.15. The minimum atomic E-state index is -0.465. The molecule has 0 spiro atoms. The van der Waals surface area contributed by atoms with Crippen LogP contribution in [0, 0.1) is 5.92 Å². The van der Waals surface area contributed by atoms with E-state index < -0.39 is 6.04 Å². The van der Waals surface area contributed by atoms with Crippen LogP contribution in [0.1, 0.15) is 30.0 Å². The van der Waals surface area contributed by atoms with Gasteiger partial charge in [-0.2, -0.15) is 5.10 Å². The molecule has 10 heteroatoms. The van der Waals surface area contributed by atoms with Crippen molar-refractivity contribution in [1.29, 1.82) is 0 Å². The molecule has 2 unspecified atom stereocenters. The number of amides is 2. The number of primary amides is 1. The van der Waals surface area contributed by atoms with Crippen LogP contribution in [0.5, 0.6) is 0 Å². The van der Waals surface area contributed by atoms with Crippen molar-refractivity contribution in [2.75, 3.05) is 25.5 Å². The number of aryl methyl sites for hydroxylation is 1. The predicted molar refractivity (Wildman–Crippen MR) is 122 cm³/mol. The van der Waals surface area contributed by atoms with E-state index in [0.29, 0.717) is 6.54 Å². The molecule has 0 bridgehead atoms. The van der Waals surface area contributed by atoms with Gasteiger partial charge in [-0.15, -0.1) is 24.8 Å². The van der Waals surface area contributed by atoms with Crippen molar-refractivity contribution in [2.24, 2.45) is 18.7 Å². The maximum absolute atomic E-state index is 12.6. The summed E-state index contributed by atoms with van der Waals surface area (Å²) in [5, 5.41) is 10.1. The number of nitrogens with zero attached hydrogens (tertiary/aromatic N) is 3. The number of nitrogens with one attached hydrogen (secondary N) is 2. The van der Waals surface area contributed by atoms with Crippen LogP contribution in [0.2, 0.25) is 0 Å². The normalized spacial score (nSPS) is 17.3. The quantitative estimate of drug-likeness (QED) is 0.589. The maximum Gasteiger partial charge on any atom is 0.246 e. The van der Waals surface area contributed by atoms with Crippen LogP contribution in [0.3, 0.4) is 0 Å². The zero-order chi connectivity index (χ0) is 20.1. The molecular formula is C20H30Cl2N6O2. The Hall–Kier alpha value is -2.13. The topological polar surface area (TPSA) is 105 Å². The molecule has 1 aliphatic heterocycles. The number of anilines is 1. The van der Waals surface area contributed by atoms with E-state index in [0.717, 1.165) is 42.7 Å². The Bertz CT molecular complexity index is 827. The lowest BCUT2D eigenvalue weighted by atomic mass is 9.97. The summed E-state index contributed by atoms with van der Waals surface area (Å²) in [7, 11) is 3.57. The van der Waals surface area contributed by atoms with Gasteiger partial charge in [0.1, 0.15) is 6.04 Å². The van der Waals surface area contributed by atoms with Crippen molar-refractivity contribution in [1.82, 2.24) is 20.0 Å². The average molecular weight is 457 g/mol. The third-order valence-corrected chi connectivity index (χ3v) is 5.14. The summed E-state index contributed by atoms with van der Waals surface area (Å²) < 4.78 is 1.67. The van der Waals surface area contributed by atoms with Crippen LogP contribution in [0.15, 0.2) is 36.7 Å². The molecule has 0 aliphatic carbocycles. The lowest BCUT2D eigenvalue weighted by molar-refractivity contribution is -0.123. The summed E-state index contributed by atoms with van der Waals surface area (Å²) >= 11 is 0. The van der Waals surface area contributed by atoms with Gasteiger partial charge in [-0.05, 0) is 44.1 Å². The number of likely N-dealkylation sites (N-methyl/N-ethyl adjacent to an activating group) is 1. The Morgan fingerprint density at radius 3 is 2.53 bits per heavy atom. The molecule has 2 aromatic rings. The molecule has 2 heterocycles. The number of piperidine rings is 1. The lowest BCUT2D eigenvalue weighted by Gasteiger charge is -2.31. The van der Waals surface area contributed by atoms with E-state index in [1.54, 1.807) is 17.9 Å². The molecule has 1 fully saturated rings. The van der Waals surface area contributed by atoms with Crippen molar-refractivity contribution < 1.29 is 9.59 Å². The Kier molecular flexibility index (Phi) is 10.3. The van der Waals surface area contributed by atoms with Crippen molar-refractivity contribution in [3.63, 3.8) is 0 Å². The van der Waals surface area contributed by atoms with Crippen molar-refractivity contribution in [3.8, 4) is 0 Å². The van der Waals surface area contributed by atoms with Gasteiger partial charge >= 0.3 is 0 Å². The second-order valence-corrected chi connectivity index (χ2v) is 7.33. The van der Waals surface area contributed by atoms with Crippen molar-refractivity contribution >= 4 is 42.3 Å². The molecule has 2 atom stereocenters. The molecule has 8 nitrogen and oxygen atoms in total. The zero-order valence-electron chi connectivity index (χ0n) is 17.2. The summed E-state index contributed by atoms with van der Waals surface area (Å²) in [5.74, 6) is -0.405. The minimum Gasteiger partial charge on any atom is -0.369 e. The number of benzene rings is 1. The second kappa shape index (κ2) is 11.9. The number of carbonyl (C=O) groups excluding carboxylic acids is 2. The molecule has 1 saturated heterocycles. The van der Waals surface area contributed by atoms with Gasteiger partial charge in [0, 0.05) is 37.6 Å². The molecule has 2 amide bonds. The molecule has 3 rings (SSSR count). The fraction of sp³-hybridized carbons (Fsp3) is 0.450. The Morgan fingerprint density at radius 1 is 1.27 bits per heavy atom. The number of nitrogens with two attached hydrogens (primary N) is 1. The zero-order valence-corrected chi connectivity index (χ0v) is 18.8. The van der Waals surface area contributed by atoms with Gasteiger partial charge in [0.05, 0.1) is 12.1 Å². The highest BCUT2D eigenvalue weighted by Crippen LogP contribution is 2.20. The van der Waals surface area contributed by atoms with Crippen molar-refractivity contribution in [3.05, 3.63) is 47.8 Å². The number of carbonyl (C=O) groups is 2. The first-order chi connectivity index (χ1) is 13.5. The molecule has 30 heavy (non-hydrogen) atoms. The van der Waals surface area contributed by atoms with Crippen LogP contribution >= 0.6 is 24.8 Å². The van der Waals surface area contributed by atoms with E-state index in [1.165, 1.54) is 0 Å². The smallest absolute Gasteiger partial charge is 0.246 e. The van der Waals surface area contributed by atoms with Gasteiger partial charge in [0.2, 0.25) is 11.8 Å². The van der Waals surface area contributed by atoms with Gasteiger partial charge in [0.25, 0.3) is 0 Å². The first-order valence-corrected chi connectivity index (χ1v) is 9.53. The van der Waals surface area contributed by atoms with Crippen molar-refractivity contribution in [2.45, 2.75) is 25.4 Å². The van der Waals surface area contributed by atoms with E-state index in [1.807, 2.05) is 37.5 Å². The highest BCUT2D eigenvalue weighted by molar-refractivity contribution is 5.95. The van der Waals surface area contributed by atoms with Gasteiger partial charge in [-0.1, -0.05) is 12.1 Å². The fourth-order valence-electron chi connectivity index (χ4n) is 3.64. The second-order valence-electron chi connectivity index (χ2n) is 7.33. The van der Waals surface area contributed by atoms with Gasteiger partial charge in [0.15, 0.2) is 0 Å². The minimum absolute atomic E-state index is 0. The van der Waals surface area contributed by atoms with E-state index in [9.17, 15) is 9.59 Å². The van der Waals surface area contributed by atoms with Crippen LogP contribution in [0.4, 0.5) is 5.69 Å². The first kappa shape index (κ1) is 25.9. The van der Waals surface area contributed by atoms with E-state index in [2.05, 4.69) is 20.6 Å². The van der Waals surface area contributed by atoms with Crippen LogP contribution < -0.4 is 16.4 Å². The highest BCUT2D eigenvalue weighted by atomic mass is 35.5. The Morgan fingerprint density at radius 2 is 1.97 bits per heavy atom. The van der Waals surface area contributed by atoms with Crippen LogP contribution in [-0.4, -0.2) is 46.6 Å². The third-order valence-electron chi connectivity index (χ3n) is 5.14. The van der Waals surface area contributed by atoms with Crippen LogP contribution in [0.25, 0.3) is 0 Å². The predicted octanol–water partition coefficient (Wildman–Crippen LogP) is 1.86. The molecular weight excluding hydrogens is 427 g/mol. The third kappa shape index (κ3) is 6.70. The highest BCUT2D eigenvalue weighted by Gasteiger charge is 2.24. The molecule has 0 radical (unpaired) electrons. The summed E-state index contributed by atoms with van der Waals surface area (Å²) in [6, 6.07) is 7.34. The fourth-order valence-corrected chi connectivity index (χ4v) is 3.64. The summed E-state index contributed by atoms with van der Waals surface area (Å²) in [4.78, 5) is 26.3. The van der Waals surface area contributed by atoms with Gasteiger partial charge in [-0.3, -0.25) is 19.2 Å². The number of aromatic nitrogens is 2. The average Bonchev–Trinajstić information content (AvgIpc) is 3.10. The van der Waals surface area contributed by atoms with E-state index >= 15 is 0 Å². The number of hydrogen-bond acceptors (Lipinski definition) is 5. The first-order valence-electron chi connectivity index (χ1n) is 9.53. The lowest BCUT2D eigenvalue weighted by Crippen LogP contribution is -2.40. The SMILES string of the molecule is CNC(C(=O)Nc1ccc(CN2CCCC(C(N)=O)C2)cc1)c1cnn(C)c1.Cl.Cl. The van der Waals surface area contributed by atoms with Gasteiger partial charge < -0.3 is 16.4 Å². The van der Waals surface area contributed by atoms with Crippen LogP contribution in [-0.2, 0) is 23.2 Å². The number of hydrogen-bond donors (Lipinski definition) is 3. The Balaban J connectivity index is 0.00000225. The summed E-state index contributed by atoms with van der Waals surface area (Å²) in [6.07, 6.45) is 5.37. The number of halogens is 2. The standard InChI is InChI=1S/C20H28N6O2.2ClH/c1-22-18(16-10-23-25(2)12-16)20(28)24-17-7-5-14(6-8-17)11-26-9-3-4-15(13-26)19(21)27;;/h5-8,10,12,15,18,22H,3-4,9,11,13H2,1-2H3,(H2,21,27)(H,24,28);2*1H. The monoisotopic (exact) mass is 456 g/mol. The van der Waals surface area contributed by atoms with E-state index in [4.69, 9.17) is 5.73 Å². The maximum atomic E-state index is 12.6. The number of likely N-dealkylation sites (tertiary alicyclic amines) is 1. The molecule has 1 aromatic heterocycles. The van der Waals surface area contributed by atoms with Gasteiger partial charge in [-0.25, -0.2) is 0 Å². The molecule has 166 valence electrons. The Labute approximate surface area is 189 Å². The molecule has 0 saturated carbocycles. The molecule has 4 N–H and O–H groups in total. The number of rotatable bonds is 7. The van der Waals surface area contributed by atoms with E-state index in [-0.39, 0.29) is 42.5 Å².